The van der Waals surface area contributed by atoms with Crippen molar-refractivity contribution in [1.82, 2.24) is 9.88 Å². The molecule has 0 radical (unpaired) electrons. The molecule has 4 rings (SSSR count). The van der Waals surface area contributed by atoms with Gasteiger partial charge in [0.1, 0.15) is 16.4 Å². The van der Waals surface area contributed by atoms with Crippen LogP contribution >= 0.6 is 11.3 Å². The molecule has 182 valence electrons. The molecule has 3 aromatic rings. The third kappa shape index (κ3) is 5.61. The molecule has 0 bridgehead atoms. The van der Waals surface area contributed by atoms with Crippen molar-refractivity contribution in [2.75, 3.05) is 61.6 Å². The number of anilines is 5. The Morgan fingerprint density at radius 2 is 1.86 bits per heavy atom. The fourth-order valence-corrected chi connectivity index (χ4v) is 4.60. The highest BCUT2D eigenvalue weighted by molar-refractivity contribution is 7.18. The first-order valence-corrected chi connectivity index (χ1v) is 11.9. The summed E-state index contributed by atoms with van der Waals surface area (Å²) in [5, 5.41) is 6.37. The second-order valence-corrected chi connectivity index (χ2v) is 9.13. The van der Waals surface area contributed by atoms with Crippen LogP contribution in [0.3, 0.4) is 0 Å². The number of hydrogen-bond donors (Lipinski definition) is 3. The summed E-state index contributed by atoms with van der Waals surface area (Å²) in [5.74, 6) is 0.269. The lowest BCUT2D eigenvalue weighted by molar-refractivity contribution is -0.111. The first-order chi connectivity index (χ1) is 16.9. The molecular weight excluding hydrogens is 464 g/mol. The Bertz CT molecular complexity index is 1230. The van der Waals surface area contributed by atoms with Crippen molar-refractivity contribution in [3.8, 4) is 5.75 Å². The van der Waals surface area contributed by atoms with Gasteiger partial charge in [0, 0.05) is 49.2 Å². The van der Waals surface area contributed by atoms with E-state index in [-0.39, 0.29) is 17.5 Å². The fraction of sp³-hybridized carbons (Fsp3) is 0.240. The first kappa shape index (κ1) is 24.2. The molecule has 9 nitrogen and oxygen atoms in total. The number of likely N-dealkylation sites (N-methyl/N-ethyl adjacent to an activating group) is 1. The van der Waals surface area contributed by atoms with Gasteiger partial charge in [-0.15, -0.1) is 0 Å². The minimum absolute atomic E-state index is 0.152. The quantitative estimate of drug-likeness (QED) is 0.323. The highest BCUT2D eigenvalue weighted by Crippen LogP contribution is 2.35. The molecule has 35 heavy (non-hydrogen) atoms. The molecule has 0 spiro atoms. The van der Waals surface area contributed by atoms with E-state index in [0.29, 0.717) is 27.0 Å². The summed E-state index contributed by atoms with van der Waals surface area (Å²) in [6, 6.07) is 12.6. The average molecular weight is 493 g/mol. The number of amides is 1. The zero-order valence-electron chi connectivity index (χ0n) is 19.7. The van der Waals surface area contributed by atoms with Crippen molar-refractivity contribution < 1.29 is 14.3 Å². The summed E-state index contributed by atoms with van der Waals surface area (Å²) < 4.78 is 5.61. The van der Waals surface area contributed by atoms with Crippen LogP contribution in [0, 0.1) is 0 Å². The van der Waals surface area contributed by atoms with E-state index in [1.54, 1.807) is 31.4 Å². The van der Waals surface area contributed by atoms with Crippen molar-refractivity contribution in [1.29, 1.82) is 0 Å². The smallest absolute Gasteiger partial charge is 0.247 e. The summed E-state index contributed by atoms with van der Waals surface area (Å²) in [6.07, 6.45) is 1.18. The summed E-state index contributed by atoms with van der Waals surface area (Å²) in [4.78, 5) is 33.8. The van der Waals surface area contributed by atoms with Crippen LogP contribution in [0.2, 0.25) is 0 Å². The van der Waals surface area contributed by atoms with Crippen LogP contribution in [0.1, 0.15) is 15.2 Å². The molecule has 2 heterocycles. The van der Waals surface area contributed by atoms with Crippen molar-refractivity contribution >= 4 is 51.0 Å². The maximum atomic E-state index is 13.0. The lowest BCUT2D eigenvalue weighted by Crippen LogP contribution is -2.44. The number of benzene rings is 2. The number of piperazine rings is 1. The van der Waals surface area contributed by atoms with E-state index < -0.39 is 0 Å². The number of nitrogens with one attached hydrogen (secondary N) is 2. The Morgan fingerprint density at radius 3 is 2.51 bits per heavy atom. The van der Waals surface area contributed by atoms with Gasteiger partial charge in [0.25, 0.3) is 0 Å². The number of rotatable bonds is 8. The van der Waals surface area contributed by atoms with Crippen LogP contribution < -0.4 is 26.0 Å². The van der Waals surface area contributed by atoms with Crippen LogP contribution in [-0.4, -0.2) is 61.9 Å². The van der Waals surface area contributed by atoms with Crippen LogP contribution in [0.4, 0.5) is 28.0 Å². The maximum Gasteiger partial charge on any atom is 0.247 e. The Morgan fingerprint density at radius 1 is 1.14 bits per heavy atom. The number of aromatic nitrogens is 1. The highest BCUT2D eigenvalue weighted by Gasteiger charge is 2.20. The largest absolute Gasteiger partial charge is 0.494 e. The Hall–Kier alpha value is -3.89. The van der Waals surface area contributed by atoms with E-state index in [2.05, 4.69) is 39.0 Å². The van der Waals surface area contributed by atoms with Gasteiger partial charge in [-0.05, 0) is 49.5 Å². The van der Waals surface area contributed by atoms with Gasteiger partial charge in [-0.3, -0.25) is 9.59 Å². The second kappa shape index (κ2) is 10.6. The maximum absolute atomic E-state index is 13.0. The van der Waals surface area contributed by atoms with Crippen molar-refractivity contribution in [3.63, 3.8) is 0 Å². The lowest BCUT2D eigenvalue weighted by atomic mass is 10.1. The Labute approximate surface area is 208 Å². The van der Waals surface area contributed by atoms with Crippen molar-refractivity contribution in [2.24, 2.45) is 0 Å². The molecule has 10 heteroatoms. The monoisotopic (exact) mass is 492 g/mol. The average Bonchev–Trinajstić information content (AvgIpc) is 3.24. The second-order valence-electron chi connectivity index (χ2n) is 8.13. The number of nitrogens with two attached hydrogens (primary N) is 1. The van der Waals surface area contributed by atoms with E-state index >= 15 is 0 Å². The summed E-state index contributed by atoms with van der Waals surface area (Å²) >= 11 is 1.18. The standard InChI is InChI=1S/C25H28N6O3S/c1-4-21(32)27-17-7-5-16(6-8-17)22(33)23-24(26)29-25(35-23)28-19-10-9-18(15-20(19)34-3)31-13-11-30(2)12-14-31/h4-10,15H,1,11-14,26H2,2-3H3,(H,27,32)(H,28,29). The van der Waals surface area contributed by atoms with E-state index in [4.69, 9.17) is 10.5 Å². The molecule has 0 saturated carbocycles. The van der Waals surface area contributed by atoms with Gasteiger partial charge < -0.3 is 30.9 Å². The van der Waals surface area contributed by atoms with E-state index in [0.717, 1.165) is 37.6 Å². The first-order valence-electron chi connectivity index (χ1n) is 11.1. The van der Waals surface area contributed by atoms with E-state index in [1.165, 1.54) is 17.4 Å². The molecule has 1 aliphatic rings. The molecule has 2 aromatic carbocycles. The normalized spacial score (nSPS) is 13.8. The molecule has 1 aliphatic heterocycles. The fourth-order valence-electron chi connectivity index (χ4n) is 3.74. The Kier molecular flexibility index (Phi) is 7.33. The van der Waals surface area contributed by atoms with Gasteiger partial charge in [-0.25, -0.2) is 4.98 Å². The van der Waals surface area contributed by atoms with Crippen molar-refractivity contribution in [3.05, 3.63) is 65.6 Å². The topological polar surface area (TPSA) is 113 Å². The molecule has 1 fully saturated rings. The summed E-state index contributed by atoms with van der Waals surface area (Å²) in [6.45, 7) is 7.38. The number of methoxy groups -OCH3 is 1. The van der Waals surface area contributed by atoms with Gasteiger partial charge in [-0.1, -0.05) is 17.9 Å². The predicted molar refractivity (Wildman–Crippen MR) is 141 cm³/mol. The summed E-state index contributed by atoms with van der Waals surface area (Å²) in [5.41, 5.74) is 8.93. The van der Waals surface area contributed by atoms with Gasteiger partial charge >= 0.3 is 0 Å². The molecule has 1 saturated heterocycles. The van der Waals surface area contributed by atoms with Crippen LogP contribution in [0.25, 0.3) is 0 Å². The Balaban J connectivity index is 1.49. The molecule has 1 aromatic heterocycles. The number of carbonyl (C=O) groups excluding carboxylic acids is 2. The number of nitrogens with zero attached hydrogens (tertiary/aromatic N) is 3. The van der Waals surface area contributed by atoms with Gasteiger partial charge in [0.05, 0.1) is 12.8 Å². The molecule has 0 unspecified atom stereocenters. The highest BCUT2D eigenvalue weighted by atomic mass is 32.1. The molecule has 4 N–H and O–H groups in total. The van der Waals surface area contributed by atoms with Gasteiger partial charge in [-0.2, -0.15) is 0 Å². The molecule has 1 amide bonds. The molecule has 0 aliphatic carbocycles. The molecular formula is C25H28N6O3S. The van der Waals surface area contributed by atoms with Gasteiger partial charge in [0.2, 0.25) is 11.7 Å². The van der Waals surface area contributed by atoms with E-state index in [1.807, 2.05) is 18.2 Å². The van der Waals surface area contributed by atoms with Crippen LogP contribution in [0.5, 0.6) is 5.75 Å². The number of hydrogen-bond acceptors (Lipinski definition) is 9. The van der Waals surface area contributed by atoms with Crippen LogP contribution in [0.15, 0.2) is 55.1 Å². The number of ketones is 1. The lowest BCUT2D eigenvalue weighted by Gasteiger charge is -2.34. The van der Waals surface area contributed by atoms with E-state index in [9.17, 15) is 9.59 Å². The third-order valence-electron chi connectivity index (χ3n) is 5.75. The zero-order chi connectivity index (χ0) is 24.9. The number of carbonyl (C=O) groups is 2. The summed E-state index contributed by atoms with van der Waals surface area (Å²) in [7, 11) is 3.75. The number of ether oxygens (including phenoxy) is 1. The molecule has 0 atom stereocenters. The van der Waals surface area contributed by atoms with Gasteiger partial charge in [0.15, 0.2) is 5.13 Å². The predicted octanol–water partition coefficient (Wildman–Crippen LogP) is 3.58. The minimum atomic E-state index is -0.321. The van der Waals surface area contributed by atoms with Crippen molar-refractivity contribution in [2.45, 2.75) is 0 Å². The minimum Gasteiger partial charge on any atom is -0.494 e. The number of thiazole rings is 1. The third-order valence-corrected chi connectivity index (χ3v) is 6.74. The zero-order valence-corrected chi connectivity index (χ0v) is 20.5. The van der Waals surface area contributed by atoms with Crippen LogP contribution in [-0.2, 0) is 4.79 Å². The SMILES string of the molecule is C=CC(=O)Nc1ccc(C(=O)c2sc(Nc3ccc(N4CCN(C)CC4)cc3OC)nc2N)cc1. The number of nitrogen functional groups attached to an aromatic ring is 1.